The van der Waals surface area contributed by atoms with Crippen LogP contribution in [0.15, 0.2) is 0 Å². The van der Waals surface area contributed by atoms with Crippen molar-refractivity contribution in [2.24, 2.45) is 0 Å². The zero-order valence-corrected chi connectivity index (χ0v) is 8.46. The maximum Gasteiger partial charge on any atom is 0.0718 e. The van der Waals surface area contributed by atoms with Crippen molar-refractivity contribution in [1.29, 1.82) is 0 Å². The SMILES string of the molecule is CN1CC[C@@H](OC2CCCNC2)C1. The van der Waals surface area contributed by atoms with Crippen molar-refractivity contribution in [1.82, 2.24) is 10.2 Å². The average molecular weight is 184 g/mol. The van der Waals surface area contributed by atoms with Crippen molar-refractivity contribution in [2.75, 3.05) is 33.2 Å². The van der Waals surface area contributed by atoms with Crippen LogP contribution in [0, 0.1) is 0 Å². The van der Waals surface area contributed by atoms with E-state index in [1.165, 1.54) is 32.4 Å². The lowest BCUT2D eigenvalue weighted by Gasteiger charge is -2.26. The molecule has 0 bridgehead atoms. The first-order valence-electron chi connectivity index (χ1n) is 5.39. The molecular weight excluding hydrogens is 164 g/mol. The van der Waals surface area contributed by atoms with E-state index in [0.717, 1.165) is 13.1 Å². The summed E-state index contributed by atoms with van der Waals surface area (Å²) in [4.78, 5) is 2.35. The fourth-order valence-corrected chi connectivity index (χ4v) is 2.21. The molecule has 2 rings (SSSR count). The highest BCUT2D eigenvalue weighted by molar-refractivity contribution is 4.77. The van der Waals surface area contributed by atoms with Gasteiger partial charge in [-0.1, -0.05) is 0 Å². The molecule has 2 aliphatic rings. The molecule has 0 amide bonds. The molecule has 13 heavy (non-hydrogen) atoms. The highest BCUT2D eigenvalue weighted by atomic mass is 16.5. The number of ether oxygens (including phenoxy) is 1. The lowest BCUT2D eigenvalue weighted by atomic mass is 10.1. The Morgan fingerprint density at radius 1 is 1.31 bits per heavy atom. The third-order valence-corrected chi connectivity index (χ3v) is 2.98. The lowest BCUT2D eigenvalue weighted by molar-refractivity contribution is -0.0162. The summed E-state index contributed by atoms with van der Waals surface area (Å²) in [6.45, 7) is 4.55. The Kier molecular flexibility index (Phi) is 3.19. The topological polar surface area (TPSA) is 24.5 Å². The molecular formula is C10H20N2O. The summed E-state index contributed by atoms with van der Waals surface area (Å²) < 4.78 is 6.02. The number of nitrogens with zero attached hydrogens (tertiary/aromatic N) is 1. The summed E-state index contributed by atoms with van der Waals surface area (Å²) in [5, 5.41) is 3.38. The first kappa shape index (κ1) is 9.44. The van der Waals surface area contributed by atoms with Gasteiger partial charge in [-0.3, -0.25) is 0 Å². The van der Waals surface area contributed by atoms with Crippen molar-refractivity contribution in [3.8, 4) is 0 Å². The van der Waals surface area contributed by atoms with Gasteiger partial charge >= 0.3 is 0 Å². The minimum absolute atomic E-state index is 0.477. The van der Waals surface area contributed by atoms with Gasteiger partial charge in [0, 0.05) is 19.6 Å². The van der Waals surface area contributed by atoms with Gasteiger partial charge in [0.05, 0.1) is 12.2 Å². The first-order valence-corrected chi connectivity index (χ1v) is 5.39. The van der Waals surface area contributed by atoms with E-state index in [1.54, 1.807) is 0 Å². The van der Waals surface area contributed by atoms with Crippen LogP contribution in [-0.4, -0.2) is 50.3 Å². The van der Waals surface area contributed by atoms with E-state index in [9.17, 15) is 0 Å². The highest BCUT2D eigenvalue weighted by Gasteiger charge is 2.24. The molecule has 0 aliphatic carbocycles. The van der Waals surface area contributed by atoms with Gasteiger partial charge in [-0.15, -0.1) is 0 Å². The number of rotatable bonds is 2. The number of likely N-dealkylation sites (N-methyl/N-ethyl adjacent to an activating group) is 1. The molecule has 0 aromatic carbocycles. The normalized spacial score (nSPS) is 36.7. The summed E-state index contributed by atoms with van der Waals surface area (Å²) in [7, 11) is 2.17. The van der Waals surface area contributed by atoms with Crippen LogP contribution in [0.1, 0.15) is 19.3 Å². The fourth-order valence-electron chi connectivity index (χ4n) is 2.21. The maximum atomic E-state index is 6.02. The van der Waals surface area contributed by atoms with E-state index in [1.807, 2.05) is 0 Å². The summed E-state index contributed by atoms with van der Waals surface area (Å²) in [6.07, 6.45) is 4.70. The predicted octanol–water partition coefficient (Wildman–Crippen LogP) is 0.459. The summed E-state index contributed by atoms with van der Waals surface area (Å²) >= 11 is 0. The molecule has 76 valence electrons. The van der Waals surface area contributed by atoms with Gasteiger partial charge in [-0.05, 0) is 32.9 Å². The largest absolute Gasteiger partial charge is 0.372 e. The van der Waals surface area contributed by atoms with Gasteiger partial charge in [0.2, 0.25) is 0 Å². The first-order chi connectivity index (χ1) is 6.34. The molecule has 2 aliphatic heterocycles. The second kappa shape index (κ2) is 4.40. The van der Waals surface area contributed by atoms with Crippen LogP contribution in [-0.2, 0) is 4.74 Å². The maximum absolute atomic E-state index is 6.02. The molecule has 0 saturated carbocycles. The van der Waals surface area contributed by atoms with Gasteiger partial charge < -0.3 is 15.0 Å². The van der Waals surface area contributed by atoms with Crippen LogP contribution < -0.4 is 5.32 Å². The van der Waals surface area contributed by atoms with Crippen molar-refractivity contribution in [3.05, 3.63) is 0 Å². The quantitative estimate of drug-likeness (QED) is 0.675. The summed E-state index contributed by atoms with van der Waals surface area (Å²) in [5.74, 6) is 0. The van der Waals surface area contributed by atoms with Crippen LogP contribution in [0.25, 0.3) is 0 Å². The molecule has 2 heterocycles. The van der Waals surface area contributed by atoms with Crippen molar-refractivity contribution < 1.29 is 4.74 Å². The van der Waals surface area contributed by atoms with Crippen LogP contribution in [0.3, 0.4) is 0 Å². The zero-order chi connectivity index (χ0) is 9.10. The molecule has 0 aromatic rings. The second-order valence-corrected chi connectivity index (χ2v) is 4.28. The summed E-state index contributed by atoms with van der Waals surface area (Å²) in [6, 6.07) is 0. The smallest absolute Gasteiger partial charge is 0.0718 e. The van der Waals surface area contributed by atoms with E-state index >= 15 is 0 Å². The van der Waals surface area contributed by atoms with Gasteiger partial charge in [-0.25, -0.2) is 0 Å². The Balaban J connectivity index is 1.71. The van der Waals surface area contributed by atoms with Gasteiger partial charge in [0.25, 0.3) is 0 Å². The Bertz CT molecular complexity index is 154. The van der Waals surface area contributed by atoms with Gasteiger partial charge in [-0.2, -0.15) is 0 Å². The van der Waals surface area contributed by atoms with E-state index in [0.29, 0.717) is 12.2 Å². The minimum atomic E-state index is 0.477. The van der Waals surface area contributed by atoms with Crippen molar-refractivity contribution in [2.45, 2.75) is 31.5 Å². The predicted molar refractivity (Wildman–Crippen MR) is 52.9 cm³/mol. The molecule has 2 fully saturated rings. The van der Waals surface area contributed by atoms with E-state index in [2.05, 4.69) is 17.3 Å². The van der Waals surface area contributed by atoms with Crippen LogP contribution in [0.4, 0.5) is 0 Å². The Morgan fingerprint density at radius 2 is 2.23 bits per heavy atom. The molecule has 0 radical (unpaired) electrons. The molecule has 0 aromatic heterocycles. The molecule has 3 heteroatoms. The molecule has 1 N–H and O–H groups in total. The Hall–Kier alpha value is -0.120. The summed E-state index contributed by atoms with van der Waals surface area (Å²) in [5.41, 5.74) is 0. The van der Waals surface area contributed by atoms with E-state index in [4.69, 9.17) is 4.74 Å². The van der Waals surface area contributed by atoms with Crippen LogP contribution in [0.2, 0.25) is 0 Å². The van der Waals surface area contributed by atoms with E-state index < -0.39 is 0 Å². The van der Waals surface area contributed by atoms with E-state index in [-0.39, 0.29) is 0 Å². The lowest BCUT2D eigenvalue weighted by Crippen LogP contribution is -2.38. The molecule has 2 atom stereocenters. The van der Waals surface area contributed by atoms with Crippen LogP contribution in [0.5, 0.6) is 0 Å². The van der Waals surface area contributed by atoms with Gasteiger partial charge in [0.15, 0.2) is 0 Å². The van der Waals surface area contributed by atoms with Crippen molar-refractivity contribution >= 4 is 0 Å². The average Bonchev–Trinajstić information content (AvgIpc) is 2.53. The minimum Gasteiger partial charge on any atom is -0.372 e. The number of piperidine rings is 1. The number of likely N-dealkylation sites (tertiary alicyclic amines) is 1. The third kappa shape index (κ3) is 2.66. The van der Waals surface area contributed by atoms with Crippen LogP contribution >= 0.6 is 0 Å². The number of hydrogen-bond acceptors (Lipinski definition) is 3. The fraction of sp³-hybridized carbons (Fsp3) is 1.00. The molecule has 3 nitrogen and oxygen atoms in total. The Morgan fingerprint density at radius 3 is 2.85 bits per heavy atom. The zero-order valence-electron chi connectivity index (χ0n) is 8.46. The second-order valence-electron chi connectivity index (χ2n) is 4.28. The number of hydrogen-bond donors (Lipinski definition) is 1. The molecule has 1 unspecified atom stereocenters. The standard InChI is InChI=1S/C10H20N2O/c1-12-6-4-10(8-12)13-9-3-2-5-11-7-9/h9-11H,2-8H2,1H3/t9?,10-/m1/s1. The van der Waals surface area contributed by atoms with Crippen molar-refractivity contribution in [3.63, 3.8) is 0 Å². The molecule has 2 saturated heterocycles. The third-order valence-electron chi connectivity index (χ3n) is 2.98. The van der Waals surface area contributed by atoms with Gasteiger partial charge in [0.1, 0.15) is 0 Å². The highest BCUT2D eigenvalue weighted by Crippen LogP contribution is 2.15. The Labute approximate surface area is 80.4 Å². The molecule has 0 spiro atoms. The monoisotopic (exact) mass is 184 g/mol. The number of nitrogens with one attached hydrogen (secondary N) is 1.